The SMILES string of the molecule is Cc1ccccc1CSCC(C)(C)C1(C)CCCC1. The van der Waals surface area contributed by atoms with Crippen molar-refractivity contribution >= 4 is 11.8 Å². The van der Waals surface area contributed by atoms with Gasteiger partial charge in [-0.2, -0.15) is 11.8 Å². The van der Waals surface area contributed by atoms with Gasteiger partial charge in [0.2, 0.25) is 0 Å². The second kappa shape index (κ2) is 5.91. The molecular weight excluding hydrogens is 248 g/mol. The molecule has 0 radical (unpaired) electrons. The van der Waals surface area contributed by atoms with Crippen LogP contribution in [0.25, 0.3) is 0 Å². The first-order chi connectivity index (χ1) is 8.95. The zero-order chi connectivity index (χ0) is 13.9. The van der Waals surface area contributed by atoms with Crippen LogP contribution in [0.3, 0.4) is 0 Å². The highest BCUT2D eigenvalue weighted by molar-refractivity contribution is 7.98. The van der Waals surface area contributed by atoms with Crippen molar-refractivity contribution in [3.8, 4) is 0 Å². The zero-order valence-corrected chi connectivity index (χ0v) is 13.8. The molecule has 0 saturated heterocycles. The quantitative estimate of drug-likeness (QED) is 0.651. The Morgan fingerprint density at radius 2 is 1.79 bits per heavy atom. The van der Waals surface area contributed by atoms with Crippen molar-refractivity contribution in [2.24, 2.45) is 10.8 Å². The van der Waals surface area contributed by atoms with Crippen molar-refractivity contribution in [3.63, 3.8) is 0 Å². The average molecular weight is 276 g/mol. The molecule has 0 atom stereocenters. The monoisotopic (exact) mass is 276 g/mol. The largest absolute Gasteiger partial charge is 0.157 e. The molecule has 0 heterocycles. The molecule has 0 N–H and O–H groups in total. The summed E-state index contributed by atoms with van der Waals surface area (Å²) in [7, 11) is 0. The second-order valence-electron chi connectivity index (χ2n) is 7.07. The molecule has 1 heteroatoms. The van der Waals surface area contributed by atoms with E-state index in [9.17, 15) is 0 Å². The first kappa shape index (κ1) is 15.0. The highest BCUT2D eigenvalue weighted by Crippen LogP contribution is 2.52. The Labute approximate surface area is 123 Å². The Balaban J connectivity index is 1.90. The Morgan fingerprint density at radius 1 is 1.16 bits per heavy atom. The van der Waals surface area contributed by atoms with Crippen molar-refractivity contribution in [2.45, 2.75) is 59.1 Å². The lowest BCUT2D eigenvalue weighted by molar-refractivity contribution is 0.122. The van der Waals surface area contributed by atoms with Gasteiger partial charge in [0.25, 0.3) is 0 Å². The molecule has 0 aromatic heterocycles. The topological polar surface area (TPSA) is 0 Å². The molecule has 1 aromatic rings. The third kappa shape index (κ3) is 3.37. The van der Waals surface area contributed by atoms with Crippen LogP contribution in [0.4, 0.5) is 0 Å². The van der Waals surface area contributed by atoms with Gasteiger partial charge in [-0.15, -0.1) is 0 Å². The second-order valence-corrected chi connectivity index (χ2v) is 8.06. The number of thioether (sulfide) groups is 1. The van der Waals surface area contributed by atoms with Crippen LogP contribution < -0.4 is 0 Å². The van der Waals surface area contributed by atoms with E-state index >= 15 is 0 Å². The van der Waals surface area contributed by atoms with E-state index in [1.807, 2.05) is 0 Å². The molecule has 0 amide bonds. The molecule has 19 heavy (non-hydrogen) atoms. The molecule has 0 aliphatic heterocycles. The van der Waals surface area contributed by atoms with Gasteiger partial charge in [-0.1, -0.05) is 57.9 Å². The summed E-state index contributed by atoms with van der Waals surface area (Å²) in [4.78, 5) is 0. The van der Waals surface area contributed by atoms with E-state index in [2.05, 4.69) is 63.7 Å². The predicted octanol–water partition coefficient (Wildman–Crippen LogP) is 5.83. The van der Waals surface area contributed by atoms with Gasteiger partial charge in [0.1, 0.15) is 0 Å². The third-order valence-electron chi connectivity index (χ3n) is 5.32. The Morgan fingerprint density at radius 3 is 2.42 bits per heavy atom. The van der Waals surface area contributed by atoms with Gasteiger partial charge in [0.15, 0.2) is 0 Å². The van der Waals surface area contributed by atoms with Crippen LogP contribution in [0.2, 0.25) is 0 Å². The van der Waals surface area contributed by atoms with Crippen LogP contribution in [0.15, 0.2) is 24.3 Å². The number of hydrogen-bond donors (Lipinski definition) is 0. The van der Waals surface area contributed by atoms with Crippen molar-refractivity contribution in [3.05, 3.63) is 35.4 Å². The molecule has 1 fully saturated rings. The Kier molecular flexibility index (Phi) is 4.66. The average Bonchev–Trinajstić information content (AvgIpc) is 2.80. The maximum atomic E-state index is 2.51. The molecule has 1 aliphatic carbocycles. The van der Waals surface area contributed by atoms with Crippen LogP contribution in [-0.2, 0) is 5.75 Å². The van der Waals surface area contributed by atoms with Crippen molar-refractivity contribution < 1.29 is 0 Å². The highest BCUT2D eigenvalue weighted by Gasteiger charge is 2.42. The van der Waals surface area contributed by atoms with Gasteiger partial charge in [0.05, 0.1) is 0 Å². The van der Waals surface area contributed by atoms with Gasteiger partial charge < -0.3 is 0 Å². The first-order valence-electron chi connectivity index (χ1n) is 7.57. The summed E-state index contributed by atoms with van der Waals surface area (Å²) in [5, 5.41) is 0. The van der Waals surface area contributed by atoms with Gasteiger partial charge in [0, 0.05) is 5.75 Å². The van der Waals surface area contributed by atoms with E-state index in [1.165, 1.54) is 42.6 Å². The molecule has 2 rings (SSSR count). The van der Waals surface area contributed by atoms with E-state index in [4.69, 9.17) is 0 Å². The minimum atomic E-state index is 0.455. The summed E-state index contributed by atoms with van der Waals surface area (Å²) in [5.41, 5.74) is 3.95. The lowest BCUT2D eigenvalue weighted by atomic mass is 9.67. The van der Waals surface area contributed by atoms with E-state index in [-0.39, 0.29) is 0 Å². The zero-order valence-electron chi connectivity index (χ0n) is 13.0. The maximum Gasteiger partial charge on any atom is 0.0187 e. The summed E-state index contributed by atoms with van der Waals surface area (Å²) in [6, 6.07) is 8.78. The van der Waals surface area contributed by atoms with Gasteiger partial charge in [-0.05, 0) is 47.5 Å². The van der Waals surface area contributed by atoms with Crippen LogP contribution >= 0.6 is 11.8 Å². The lowest BCUT2D eigenvalue weighted by Crippen LogP contribution is -2.34. The molecule has 1 aliphatic rings. The Bertz CT molecular complexity index is 413. The minimum absolute atomic E-state index is 0.455. The van der Waals surface area contributed by atoms with Crippen molar-refractivity contribution in [2.75, 3.05) is 5.75 Å². The number of aryl methyl sites for hydroxylation is 1. The smallest absolute Gasteiger partial charge is 0.0187 e. The number of rotatable bonds is 5. The molecule has 0 nitrogen and oxygen atoms in total. The molecule has 106 valence electrons. The van der Waals surface area contributed by atoms with Gasteiger partial charge >= 0.3 is 0 Å². The van der Waals surface area contributed by atoms with E-state index in [1.54, 1.807) is 0 Å². The fourth-order valence-corrected chi connectivity index (χ4v) is 4.70. The van der Waals surface area contributed by atoms with Crippen LogP contribution in [0.1, 0.15) is 57.6 Å². The molecule has 0 bridgehead atoms. The molecule has 1 saturated carbocycles. The van der Waals surface area contributed by atoms with Gasteiger partial charge in [-0.3, -0.25) is 0 Å². The fourth-order valence-electron chi connectivity index (χ4n) is 3.19. The Hall–Kier alpha value is -0.430. The van der Waals surface area contributed by atoms with Crippen LogP contribution in [-0.4, -0.2) is 5.75 Å². The molecule has 1 aromatic carbocycles. The van der Waals surface area contributed by atoms with Crippen LogP contribution in [0, 0.1) is 17.8 Å². The van der Waals surface area contributed by atoms with E-state index in [0.717, 1.165) is 5.75 Å². The standard InChI is InChI=1S/C18H28S/c1-15-9-5-6-10-16(15)13-19-14-17(2,3)18(4)11-7-8-12-18/h5-6,9-10H,7-8,11-14H2,1-4H3. The fraction of sp³-hybridized carbons (Fsp3) is 0.667. The molecule has 0 unspecified atom stereocenters. The summed E-state index contributed by atoms with van der Waals surface area (Å²) >= 11 is 2.11. The van der Waals surface area contributed by atoms with Gasteiger partial charge in [-0.25, -0.2) is 0 Å². The highest BCUT2D eigenvalue weighted by atomic mass is 32.2. The minimum Gasteiger partial charge on any atom is -0.157 e. The molecular formula is C18H28S. The maximum absolute atomic E-state index is 2.51. The van der Waals surface area contributed by atoms with Crippen molar-refractivity contribution in [1.29, 1.82) is 0 Å². The predicted molar refractivity (Wildman–Crippen MR) is 87.7 cm³/mol. The first-order valence-corrected chi connectivity index (χ1v) is 8.72. The molecule has 0 spiro atoms. The lowest BCUT2D eigenvalue weighted by Gasteiger charge is -2.41. The summed E-state index contributed by atoms with van der Waals surface area (Å²) in [5.74, 6) is 2.43. The van der Waals surface area contributed by atoms with E-state index < -0.39 is 0 Å². The third-order valence-corrected chi connectivity index (χ3v) is 6.76. The number of hydrogen-bond acceptors (Lipinski definition) is 1. The summed E-state index contributed by atoms with van der Waals surface area (Å²) in [6.07, 6.45) is 5.71. The summed E-state index contributed by atoms with van der Waals surface area (Å²) in [6.45, 7) is 9.68. The number of benzene rings is 1. The normalized spacial score (nSPS) is 18.7. The van der Waals surface area contributed by atoms with Crippen LogP contribution in [0.5, 0.6) is 0 Å². The van der Waals surface area contributed by atoms with E-state index in [0.29, 0.717) is 10.8 Å². The summed E-state index contributed by atoms with van der Waals surface area (Å²) < 4.78 is 0. The van der Waals surface area contributed by atoms with Crippen molar-refractivity contribution in [1.82, 2.24) is 0 Å².